The molecule has 5 N–H and O–H groups in total. The van der Waals surface area contributed by atoms with E-state index < -0.39 is 41.3 Å². The van der Waals surface area contributed by atoms with Crippen LogP contribution in [-0.4, -0.2) is 81.3 Å². The van der Waals surface area contributed by atoms with Gasteiger partial charge < -0.3 is 30.7 Å². The van der Waals surface area contributed by atoms with Gasteiger partial charge >= 0.3 is 0 Å². The highest BCUT2D eigenvalue weighted by Crippen LogP contribution is 2.30. The molecule has 0 saturated carbocycles. The van der Waals surface area contributed by atoms with Crippen molar-refractivity contribution < 1.29 is 24.9 Å². The molecule has 2 aliphatic rings. The van der Waals surface area contributed by atoms with E-state index in [1.807, 2.05) is 0 Å². The van der Waals surface area contributed by atoms with Gasteiger partial charge in [-0.05, 0) is 38.5 Å². The zero-order valence-corrected chi connectivity index (χ0v) is 18.5. The highest BCUT2D eigenvalue weighted by atomic mass is 35.5. The number of hydrogen-bond acceptors (Lipinski definition) is 7. The maximum atomic E-state index is 12.8. The monoisotopic (exact) mass is 438 g/mol. The predicted molar refractivity (Wildman–Crippen MR) is 111 cm³/mol. The lowest BCUT2D eigenvalue weighted by Crippen LogP contribution is -2.65. The van der Waals surface area contributed by atoms with Crippen molar-refractivity contribution in [3.63, 3.8) is 0 Å². The van der Waals surface area contributed by atoms with Crippen molar-refractivity contribution in [2.75, 3.05) is 12.8 Å². The number of halogens is 1. The molecule has 0 aliphatic carbocycles. The van der Waals surface area contributed by atoms with Crippen LogP contribution in [-0.2, 0) is 9.53 Å². The molecule has 9 atom stereocenters. The molecule has 28 heavy (non-hydrogen) atoms. The summed E-state index contributed by atoms with van der Waals surface area (Å²) in [5, 5.41) is 36.3. The number of carbonyl (C=O) groups excluding carboxylic acids is 1. The lowest BCUT2D eigenvalue weighted by atomic mass is 9.92. The summed E-state index contributed by atoms with van der Waals surface area (Å²) in [4.78, 5) is 12.8. The second-order valence-electron chi connectivity index (χ2n) is 7.95. The third kappa shape index (κ3) is 5.97. The molecule has 0 bridgehead atoms. The minimum absolute atomic E-state index is 0.174. The Hall–Kier alpha value is -0.0900. The number of thioether (sulfide) groups is 1. The second kappa shape index (κ2) is 11.3. The Morgan fingerprint density at radius 3 is 2.61 bits per heavy atom. The molecule has 2 saturated heterocycles. The normalized spacial score (nSPS) is 38.2. The molecule has 7 nitrogen and oxygen atoms in total. The summed E-state index contributed by atoms with van der Waals surface area (Å²) >= 11 is 7.54. The summed E-state index contributed by atoms with van der Waals surface area (Å²) in [6, 6.07) is -0.987. The Bertz CT molecular complexity index is 499. The number of aliphatic hydroxyl groups is 3. The number of alkyl halides is 1. The molecule has 2 heterocycles. The van der Waals surface area contributed by atoms with Crippen LogP contribution in [0.25, 0.3) is 0 Å². The van der Waals surface area contributed by atoms with Crippen molar-refractivity contribution in [2.24, 2.45) is 5.92 Å². The van der Waals surface area contributed by atoms with Crippen LogP contribution in [0.2, 0.25) is 0 Å². The summed E-state index contributed by atoms with van der Waals surface area (Å²) in [6.45, 7) is 4.71. The molecule has 0 aromatic heterocycles. The molecule has 1 amide bonds. The molecular weight excluding hydrogens is 404 g/mol. The van der Waals surface area contributed by atoms with E-state index in [0.29, 0.717) is 5.92 Å². The van der Waals surface area contributed by atoms with Crippen molar-refractivity contribution in [1.29, 1.82) is 0 Å². The molecule has 0 aromatic carbocycles. The number of amides is 1. The minimum atomic E-state index is -1.36. The van der Waals surface area contributed by atoms with E-state index >= 15 is 0 Å². The highest BCUT2D eigenvalue weighted by molar-refractivity contribution is 7.99. The molecule has 0 aromatic rings. The quantitative estimate of drug-likeness (QED) is 0.268. The van der Waals surface area contributed by atoms with Crippen LogP contribution in [0.3, 0.4) is 0 Å². The fraction of sp³-hybridized carbons (Fsp3) is 0.947. The Labute approximate surface area is 176 Å². The molecule has 0 radical (unpaired) electrons. The van der Waals surface area contributed by atoms with Crippen LogP contribution in [0.4, 0.5) is 0 Å². The first-order chi connectivity index (χ1) is 13.3. The van der Waals surface area contributed by atoms with Gasteiger partial charge in [0, 0.05) is 0 Å². The molecule has 2 aliphatic heterocycles. The number of unbranched alkanes of at least 4 members (excludes halogenated alkanes) is 2. The van der Waals surface area contributed by atoms with E-state index in [1.165, 1.54) is 31.0 Å². The number of carbonyl (C=O) groups is 1. The maximum Gasteiger partial charge on any atom is 0.237 e. The van der Waals surface area contributed by atoms with Gasteiger partial charge in [0.15, 0.2) is 0 Å². The average Bonchev–Trinajstić information content (AvgIpc) is 3.14. The van der Waals surface area contributed by atoms with E-state index in [0.717, 1.165) is 19.4 Å². The Balaban J connectivity index is 1.98. The Kier molecular flexibility index (Phi) is 9.80. The summed E-state index contributed by atoms with van der Waals surface area (Å²) in [7, 11) is 0. The van der Waals surface area contributed by atoms with Gasteiger partial charge in [0.05, 0.1) is 17.5 Å². The topological polar surface area (TPSA) is 111 Å². The zero-order chi connectivity index (χ0) is 20.8. The third-order valence-electron chi connectivity index (χ3n) is 5.75. The third-order valence-corrected chi connectivity index (χ3v) is 6.88. The number of ether oxygens (including phenoxy) is 1. The first-order valence-corrected chi connectivity index (χ1v) is 11.9. The highest BCUT2D eigenvalue weighted by Gasteiger charge is 2.48. The van der Waals surface area contributed by atoms with Gasteiger partial charge in [-0.1, -0.05) is 26.2 Å². The van der Waals surface area contributed by atoms with Crippen molar-refractivity contribution in [2.45, 2.75) is 93.3 Å². The van der Waals surface area contributed by atoms with Crippen LogP contribution in [0.15, 0.2) is 0 Å². The summed E-state index contributed by atoms with van der Waals surface area (Å²) < 4.78 is 5.79. The van der Waals surface area contributed by atoms with Crippen molar-refractivity contribution in [1.82, 2.24) is 10.6 Å². The predicted octanol–water partition coefficient (Wildman–Crippen LogP) is 0.828. The fourth-order valence-corrected chi connectivity index (χ4v) is 4.89. The Morgan fingerprint density at radius 1 is 1.29 bits per heavy atom. The van der Waals surface area contributed by atoms with Gasteiger partial charge in [-0.3, -0.25) is 4.79 Å². The second-order valence-corrected chi connectivity index (χ2v) is 9.57. The van der Waals surface area contributed by atoms with Gasteiger partial charge in [0.25, 0.3) is 0 Å². The van der Waals surface area contributed by atoms with Crippen LogP contribution < -0.4 is 10.6 Å². The van der Waals surface area contributed by atoms with Crippen molar-refractivity contribution >= 4 is 29.3 Å². The van der Waals surface area contributed by atoms with Gasteiger partial charge in [0.2, 0.25) is 5.91 Å². The first-order valence-electron chi connectivity index (χ1n) is 10.2. The van der Waals surface area contributed by atoms with Crippen LogP contribution in [0.1, 0.15) is 46.0 Å². The van der Waals surface area contributed by atoms with Crippen LogP contribution in [0.5, 0.6) is 0 Å². The molecule has 9 heteroatoms. The molecule has 2 fully saturated rings. The first kappa shape index (κ1) is 24.2. The Morgan fingerprint density at radius 2 is 2.00 bits per heavy atom. The standard InChI is InChI=1S/C19H35ClN2O5S/c1-4-5-6-7-11-8-12(21-9-11)18(26)22-13(10(2)20)17-15(24)14(23)16(25)19(27-17)28-3/h10-17,19,21,23-25H,4-9H2,1-3H3,(H,22,26)/t10-,11?,12+,13+,14+,15-,16-,17-,19-/m1/s1. The smallest absolute Gasteiger partial charge is 0.237 e. The van der Waals surface area contributed by atoms with E-state index in [1.54, 1.807) is 13.2 Å². The summed E-state index contributed by atoms with van der Waals surface area (Å²) in [5.41, 5.74) is -0.703. The van der Waals surface area contributed by atoms with Gasteiger partial charge in [-0.25, -0.2) is 0 Å². The largest absolute Gasteiger partial charge is 0.388 e. The number of hydrogen-bond donors (Lipinski definition) is 5. The summed E-state index contributed by atoms with van der Waals surface area (Å²) in [6.07, 6.45) is 2.39. The van der Waals surface area contributed by atoms with E-state index in [2.05, 4.69) is 17.6 Å². The summed E-state index contributed by atoms with van der Waals surface area (Å²) in [5.74, 6) is 0.316. The van der Waals surface area contributed by atoms with Gasteiger partial charge in [-0.15, -0.1) is 23.4 Å². The maximum absolute atomic E-state index is 12.8. The fourth-order valence-electron chi connectivity index (χ4n) is 4.00. The number of nitrogens with one attached hydrogen (secondary N) is 2. The van der Waals surface area contributed by atoms with Gasteiger partial charge in [0.1, 0.15) is 29.9 Å². The average molecular weight is 439 g/mol. The van der Waals surface area contributed by atoms with Crippen molar-refractivity contribution in [3.8, 4) is 0 Å². The molecular formula is C19H35ClN2O5S. The number of aliphatic hydroxyl groups excluding tert-OH is 3. The van der Waals surface area contributed by atoms with E-state index in [4.69, 9.17) is 16.3 Å². The SMILES string of the molecule is CCCCCC1CN[C@H](C(=O)N[C@H]([C@H]2O[C@H](SC)[C@H](O)[C@@H](O)[C@H]2O)[C@@H](C)Cl)C1. The molecule has 0 spiro atoms. The zero-order valence-electron chi connectivity index (χ0n) is 16.9. The molecule has 2 rings (SSSR count). The van der Waals surface area contributed by atoms with E-state index in [-0.39, 0.29) is 11.9 Å². The van der Waals surface area contributed by atoms with Crippen LogP contribution >= 0.6 is 23.4 Å². The number of rotatable bonds is 9. The lowest BCUT2D eigenvalue weighted by molar-refractivity contribution is -0.205. The van der Waals surface area contributed by atoms with Crippen molar-refractivity contribution in [3.05, 3.63) is 0 Å². The molecule has 164 valence electrons. The van der Waals surface area contributed by atoms with Gasteiger partial charge in [-0.2, -0.15) is 0 Å². The van der Waals surface area contributed by atoms with E-state index in [9.17, 15) is 20.1 Å². The minimum Gasteiger partial charge on any atom is -0.388 e. The molecule has 1 unspecified atom stereocenters. The lowest BCUT2D eigenvalue weighted by Gasteiger charge is -2.44. The van der Waals surface area contributed by atoms with Crippen LogP contribution in [0, 0.1) is 5.92 Å².